The van der Waals surface area contributed by atoms with Crippen molar-refractivity contribution in [1.82, 2.24) is 5.43 Å². The minimum atomic E-state index is -0.218. The van der Waals surface area contributed by atoms with Crippen LogP contribution in [-0.2, 0) is 4.79 Å². The molecule has 2 N–H and O–H groups in total. The number of anilines is 1. The highest BCUT2D eigenvalue weighted by molar-refractivity contribution is 6.04. The summed E-state index contributed by atoms with van der Waals surface area (Å²) in [5.41, 5.74) is 5.24. The topological polar surface area (TPSA) is 72.0 Å². The molecular weight excluding hydrogens is 366 g/mol. The standard InChI is InChI=1S/C23H25N3O3/c1-4-22(18-9-8-17-13-21(29-3)11-10-16(17)12-18)25-26-23(27)15-24-19-6-5-7-20(14-19)28-2/h5-14,24H,4,15H2,1-3H3,(H,26,27)/b25-22-. The maximum absolute atomic E-state index is 12.2. The van der Waals surface area contributed by atoms with Crippen LogP contribution in [0.1, 0.15) is 18.9 Å². The maximum atomic E-state index is 12.2. The molecule has 0 fully saturated rings. The largest absolute Gasteiger partial charge is 0.497 e. The van der Waals surface area contributed by atoms with Gasteiger partial charge in [-0.05, 0) is 53.1 Å². The molecule has 0 heterocycles. The monoisotopic (exact) mass is 391 g/mol. The Bertz CT molecular complexity index is 1030. The Balaban J connectivity index is 1.66. The van der Waals surface area contributed by atoms with Crippen LogP contribution in [0.2, 0.25) is 0 Å². The van der Waals surface area contributed by atoms with E-state index in [1.54, 1.807) is 14.2 Å². The quantitative estimate of drug-likeness (QED) is 0.446. The molecule has 0 spiro atoms. The summed E-state index contributed by atoms with van der Waals surface area (Å²) in [5.74, 6) is 1.34. The van der Waals surface area contributed by atoms with Gasteiger partial charge in [-0.15, -0.1) is 0 Å². The van der Waals surface area contributed by atoms with Gasteiger partial charge in [0.05, 0.1) is 26.5 Å². The highest BCUT2D eigenvalue weighted by Crippen LogP contribution is 2.22. The van der Waals surface area contributed by atoms with E-state index in [0.717, 1.165) is 39.2 Å². The molecule has 0 saturated carbocycles. The SMILES string of the molecule is CC/C(=N/NC(=O)CNc1cccc(OC)c1)c1ccc2cc(OC)ccc2c1. The van der Waals surface area contributed by atoms with Gasteiger partial charge >= 0.3 is 0 Å². The van der Waals surface area contributed by atoms with Gasteiger partial charge in [0.2, 0.25) is 0 Å². The molecule has 1 amide bonds. The highest BCUT2D eigenvalue weighted by atomic mass is 16.5. The lowest BCUT2D eigenvalue weighted by Gasteiger charge is -2.09. The molecule has 0 bridgehead atoms. The first kappa shape index (κ1) is 20.2. The molecule has 0 saturated heterocycles. The van der Waals surface area contributed by atoms with Gasteiger partial charge in [0.15, 0.2) is 0 Å². The van der Waals surface area contributed by atoms with Crippen LogP contribution in [0.15, 0.2) is 65.8 Å². The summed E-state index contributed by atoms with van der Waals surface area (Å²) in [4.78, 5) is 12.2. The predicted molar refractivity (Wildman–Crippen MR) is 117 cm³/mol. The van der Waals surface area contributed by atoms with Gasteiger partial charge in [-0.2, -0.15) is 5.10 Å². The first-order valence-corrected chi connectivity index (χ1v) is 9.44. The molecule has 29 heavy (non-hydrogen) atoms. The van der Waals surface area contributed by atoms with Gasteiger partial charge in [0.25, 0.3) is 5.91 Å². The van der Waals surface area contributed by atoms with Crippen molar-refractivity contribution in [3.05, 3.63) is 66.2 Å². The zero-order valence-corrected chi connectivity index (χ0v) is 16.9. The van der Waals surface area contributed by atoms with E-state index in [1.807, 2.05) is 61.5 Å². The summed E-state index contributed by atoms with van der Waals surface area (Å²) >= 11 is 0. The van der Waals surface area contributed by atoms with Crippen molar-refractivity contribution in [2.75, 3.05) is 26.1 Å². The zero-order chi connectivity index (χ0) is 20.6. The summed E-state index contributed by atoms with van der Waals surface area (Å²) in [6, 6.07) is 19.5. The van der Waals surface area contributed by atoms with E-state index >= 15 is 0 Å². The molecule has 0 atom stereocenters. The molecule has 0 radical (unpaired) electrons. The van der Waals surface area contributed by atoms with E-state index in [0.29, 0.717) is 6.42 Å². The molecule has 0 aliphatic rings. The number of hydrazone groups is 1. The van der Waals surface area contributed by atoms with Crippen LogP contribution in [0, 0.1) is 0 Å². The van der Waals surface area contributed by atoms with Crippen LogP contribution in [0.5, 0.6) is 11.5 Å². The highest BCUT2D eigenvalue weighted by Gasteiger charge is 2.06. The third-order valence-electron chi connectivity index (χ3n) is 4.55. The van der Waals surface area contributed by atoms with Crippen LogP contribution in [0.25, 0.3) is 10.8 Å². The van der Waals surface area contributed by atoms with Crippen molar-refractivity contribution in [2.24, 2.45) is 5.10 Å². The van der Waals surface area contributed by atoms with Crippen molar-refractivity contribution in [1.29, 1.82) is 0 Å². The Morgan fingerprint density at radius 3 is 2.41 bits per heavy atom. The number of hydrogen-bond donors (Lipinski definition) is 2. The molecule has 150 valence electrons. The molecule has 0 aromatic heterocycles. The Kier molecular flexibility index (Phi) is 6.68. The third-order valence-corrected chi connectivity index (χ3v) is 4.55. The van der Waals surface area contributed by atoms with Crippen LogP contribution in [0.4, 0.5) is 5.69 Å². The summed E-state index contributed by atoms with van der Waals surface area (Å²) in [6.45, 7) is 2.13. The van der Waals surface area contributed by atoms with Gasteiger partial charge in [-0.25, -0.2) is 5.43 Å². The molecule has 3 aromatic rings. The van der Waals surface area contributed by atoms with Crippen molar-refractivity contribution in [2.45, 2.75) is 13.3 Å². The number of nitrogens with one attached hydrogen (secondary N) is 2. The zero-order valence-electron chi connectivity index (χ0n) is 16.9. The van der Waals surface area contributed by atoms with Crippen LogP contribution >= 0.6 is 0 Å². The van der Waals surface area contributed by atoms with Crippen molar-refractivity contribution < 1.29 is 14.3 Å². The number of ether oxygens (including phenoxy) is 2. The Hall–Kier alpha value is -3.54. The number of carbonyl (C=O) groups is 1. The van der Waals surface area contributed by atoms with Crippen molar-refractivity contribution in [3.8, 4) is 11.5 Å². The number of fused-ring (bicyclic) bond motifs is 1. The Morgan fingerprint density at radius 1 is 0.931 bits per heavy atom. The second-order valence-corrected chi connectivity index (χ2v) is 6.46. The van der Waals surface area contributed by atoms with Crippen LogP contribution < -0.4 is 20.2 Å². The van der Waals surface area contributed by atoms with Gasteiger partial charge in [-0.3, -0.25) is 4.79 Å². The average molecular weight is 391 g/mol. The third kappa shape index (κ3) is 5.25. The van der Waals surface area contributed by atoms with Gasteiger partial charge < -0.3 is 14.8 Å². The minimum Gasteiger partial charge on any atom is -0.497 e. The Labute approximate surface area is 170 Å². The van der Waals surface area contributed by atoms with E-state index in [9.17, 15) is 4.79 Å². The van der Waals surface area contributed by atoms with E-state index in [1.165, 1.54) is 0 Å². The van der Waals surface area contributed by atoms with Crippen molar-refractivity contribution >= 4 is 28.1 Å². The molecule has 0 unspecified atom stereocenters. The lowest BCUT2D eigenvalue weighted by atomic mass is 10.0. The second-order valence-electron chi connectivity index (χ2n) is 6.46. The number of benzene rings is 3. The second kappa shape index (κ2) is 9.59. The van der Waals surface area contributed by atoms with E-state index in [2.05, 4.69) is 21.9 Å². The molecule has 6 heteroatoms. The first-order valence-electron chi connectivity index (χ1n) is 9.44. The van der Waals surface area contributed by atoms with Crippen molar-refractivity contribution in [3.63, 3.8) is 0 Å². The number of hydrogen-bond acceptors (Lipinski definition) is 5. The molecule has 0 aliphatic carbocycles. The van der Waals surface area contributed by atoms with Gasteiger partial charge in [0.1, 0.15) is 11.5 Å². The fraction of sp³-hybridized carbons (Fsp3) is 0.217. The van der Waals surface area contributed by atoms with E-state index in [-0.39, 0.29) is 12.5 Å². The fourth-order valence-corrected chi connectivity index (χ4v) is 2.96. The summed E-state index contributed by atoms with van der Waals surface area (Å²) in [7, 11) is 3.26. The average Bonchev–Trinajstić information content (AvgIpc) is 2.77. The molecular formula is C23H25N3O3. The predicted octanol–water partition coefficient (Wildman–Crippen LogP) is 4.20. The number of amides is 1. The smallest absolute Gasteiger partial charge is 0.259 e. The summed E-state index contributed by atoms with van der Waals surface area (Å²) in [5, 5.41) is 9.57. The Morgan fingerprint density at radius 2 is 1.66 bits per heavy atom. The minimum absolute atomic E-state index is 0.116. The number of carbonyl (C=O) groups excluding carboxylic acids is 1. The fourth-order valence-electron chi connectivity index (χ4n) is 2.96. The lowest BCUT2D eigenvalue weighted by molar-refractivity contribution is -0.119. The summed E-state index contributed by atoms with van der Waals surface area (Å²) in [6.07, 6.45) is 0.700. The van der Waals surface area contributed by atoms with Crippen LogP contribution in [0.3, 0.4) is 0 Å². The number of nitrogens with zero attached hydrogens (tertiary/aromatic N) is 1. The van der Waals surface area contributed by atoms with E-state index < -0.39 is 0 Å². The number of methoxy groups -OCH3 is 2. The number of rotatable bonds is 8. The lowest BCUT2D eigenvalue weighted by Crippen LogP contribution is -2.27. The van der Waals surface area contributed by atoms with Gasteiger partial charge in [0, 0.05) is 11.8 Å². The van der Waals surface area contributed by atoms with E-state index in [4.69, 9.17) is 9.47 Å². The molecule has 0 aliphatic heterocycles. The molecule has 6 nitrogen and oxygen atoms in total. The maximum Gasteiger partial charge on any atom is 0.259 e. The molecule has 3 rings (SSSR count). The molecule has 3 aromatic carbocycles. The van der Waals surface area contributed by atoms with Gasteiger partial charge in [-0.1, -0.05) is 31.2 Å². The summed E-state index contributed by atoms with van der Waals surface area (Å²) < 4.78 is 10.4. The normalized spacial score (nSPS) is 11.2. The van der Waals surface area contributed by atoms with Crippen LogP contribution in [-0.4, -0.2) is 32.4 Å². The first-order chi connectivity index (χ1) is 14.1.